The maximum absolute atomic E-state index is 12.4. The van der Waals surface area contributed by atoms with Gasteiger partial charge in [0.1, 0.15) is 0 Å². The van der Waals surface area contributed by atoms with Crippen molar-refractivity contribution in [2.24, 2.45) is 0 Å². The highest BCUT2D eigenvalue weighted by molar-refractivity contribution is 5.87. The molecule has 2 aliphatic rings. The lowest BCUT2D eigenvalue weighted by Crippen LogP contribution is -2.61. The average Bonchev–Trinajstić information content (AvgIpc) is 2.78. The molecule has 2 rings (SSSR count). The molecule has 0 radical (unpaired) electrons. The van der Waals surface area contributed by atoms with Crippen molar-refractivity contribution in [1.82, 2.24) is 10.2 Å². The zero-order valence-electron chi connectivity index (χ0n) is 11.5. The van der Waals surface area contributed by atoms with E-state index in [1.165, 1.54) is 0 Å². The monoisotopic (exact) mass is 270 g/mol. The number of hydrogen-bond acceptors (Lipinski definition) is 3. The third kappa shape index (κ3) is 2.68. The molecule has 2 fully saturated rings. The molecule has 0 aromatic rings. The number of nitrogens with zero attached hydrogens (tertiary/aromatic N) is 1. The molecule has 2 saturated heterocycles. The van der Waals surface area contributed by atoms with Gasteiger partial charge < -0.3 is 20.1 Å². The fourth-order valence-corrected chi connectivity index (χ4v) is 2.98. The minimum Gasteiger partial charge on any atom is -0.479 e. The van der Waals surface area contributed by atoms with Crippen molar-refractivity contribution in [1.29, 1.82) is 0 Å². The van der Waals surface area contributed by atoms with Crippen molar-refractivity contribution in [3.63, 3.8) is 0 Å². The van der Waals surface area contributed by atoms with Gasteiger partial charge in [0.25, 0.3) is 0 Å². The summed E-state index contributed by atoms with van der Waals surface area (Å²) in [4.78, 5) is 25.5. The predicted molar refractivity (Wildman–Crippen MR) is 68.9 cm³/mol. The van der Waals surface area contributed by atoms with Crippen LogP contribution in [0.15, 0.2) is 0 Å². The number of likely N-dealkylation sites (tertiary alicyclic amines) is 1. The van der Waals surface area contributed by atoms with Crippen molar-refractivity contribution >= 4 is 12.0 Å². The molecule has 0 spiro atoms. The summed E-state index contributed by atoms with van der Waals surface area (Å²) >= 11 is 0. The van der Waals surface area contributed by atoms with E-state index in [1.54, 1.807) is 4.90 Å². The van der Waals surface area contributed by atoms with Gasteiger partial charge in [-0.15, -0.1) is 0 Å². The highest BCUT2D eigenvalue weighted by Gasteiger charge is 2.45. The number of ether oxygens (including phenoxy) is 1. The van der Waals surface area contributed by atoms with Crippen molar-refractivity contribution in [2.75, 3.05) is 13.2 Å². The molecule has 3 atom stereocenters. The van der Waals surface area contributed by atoms with E-state index in [-0.39, 0.29) is 24.7 Å². The van der Waals surface area contributed by atoms with E-state index in [2.05, 4.69) is 5.32 Å². The van der Waals surface area contributed by atoms with E-state index < -0.39 is 11.5 Å². The summed E-state index contributed by atoms with van der Waals surface area (Å²) in [5, 5.41) is 12.0. The van der Waals surface area contributed by atoms with Crippen LogP contribution in [0, 0.1) is 0 Å². The minimum atomic E-state index is -1.26. The van der Waals surface area contributed by atoms with E-state index >= 15 is 0 Å². The summed E-state index contributed by atoms with van der Waals surface area (Å²) in [5.41, 5.74) is -1.26. The Morgan fingerprint density at radius 3 is 2.42 bits per heavy atom. The van der Waals surface area contributed by atoms with Crippen molar-refractivity contribution in [2.45, 2.75) is 57.2 Å². The molecule has 1 unspecified atom stereocenters. The number of carbonyl (C=O) groups is 2. The minimum absolute atomic E-state index is 0.0463. The third-order valence-electron chi connectivity index (χ3n) is 4.21. The fraction of sp³-hybridized carbons (Fsp3) is 0.846. The Morgan fingerprint density at radius 2 is 1.95 bits per heavy atom. The normalized spacial score (nSPS) is 35.2. The zero-order chi connectivity index (χ0) is 14.0. The lowest BCUT2D eigenvalue weighted by Gasteiger charge is -2.40. The maximum Gasteiger partial charge on any atom is 0.332 e. The molecule has 0 aromatic carbocycles. The van der Waals surface area contributed by atoms with Gasteiger partial charge in [-0.1, -0.05) is 0 Å². The summed E-state index contributed by atoms with van der Waals surface area (Å²) in [6.07, 6.45) is 3.37. The molecule has 2 heterocycles. The first-order valence-electron chi connectivity index (χ1n) is 6.88. The molecule has 2 amide bonds. The first-order chi connectivity index (χ1) is 8.96. The number of amides is 2. The molecule has 0 saturated carbocycles. The van der Waals surface area contributed by atoms with Gasteiger partial charge in [0.15, 0.2) is 5.54 Å². The van der Waals surface area contributed by atoms with Crippen LogP contribution in [-0.2, 0) is 9.53 Å². The number of carbonyl (C=O) groups excluding carboxylic acids is 1. The van der Waals surface area contributed by atoms with E-state index in [4.69, 9.17) is 4.74 Å². The number of urea groups is 1. The maximum atomic E-state index is 12.4. The number of nitrogens with one attached hydrogen (secondary N) is 1. The number of aliphatic carboxylic acids is 1. The molecule has 6 heteroatoms. The Morgan fingerprint density at radius 1 is 1.32 bits per heavy atom. The van der Waals surface area contributed by atoms with E-state index in [9.17, 15) is 14.7 Å². The topological polar surface area (TPSA) is 78.9 Å². The number of piperidine rings is 1. The Kier molecular flexibility index (Phi) is 3.99. The molecular formula is C13H22N2O4. The van der Waals surface area contributed by atoms with Gasteiger partial charge in [-0.3, -0.25) is 0 Å². The van der Waals surface area contributed by atoms with Gasteiger partial charge in [0.2, 0.25) is 0 Å². The van der Waals surface area contributed by atoms with Crippen LogP contribution >= 0.6 is 0 Å². The number of hydrogen-bond donors (Lipinski definition) is 2. The summed E-state index contributed by atoms with van der Waals surface area (Å²) in [7, 11) is 0. The molecule has 0 aromatic heterocycles. The zero-order valence-corrected chi connectivity index (χ0v) is 11.5. The highest BCUT2D eigenvalue weighted by Crippen LogP contribution is 2.25. The molecule has 2 N–H and O–H groups in total. The second-order valence-corrected chi connectivity index (χ2v) is 5.66. The Labute approximate surface area is 113 Å². The van der Waals surface area contributed by atoms with Crippen LogP contribution < -0.4 is 5.32 Å². The molecule has 6 nitrogen and oxygen atoms in total. The van der Waals surface area contributed by atoms with Crippen LogP contribution in [0.25, 0.3) is 0 Å². The highest BCUT2D eigenvalue weighted by atomic mass is 16.5. The van der Waals surface area contributed by atoms with Crippen LogP contribution in [0.2, 0.25) is 0 Å². The first-order valence-corrected chi connectivity index (χ1v) is 6.88. The van der Waals surface area contributed by atoms with Crippen molar-refractivity contribution in [3.8, 4) is 0 Å². The SMILES string of the molecule is C[C@@H]1CCC[C@H](C)N1C(=O)NC1(C(=O)O)CCOC1. The van der Waals surface area contributed by atoms with Crippen molar-refractivity contribution < 1.29 is 19.4 Å². The number of carboxylic acid groups (broad SMARTS) is 1. The predicted octanol–water partition coefficient (Wildman–Crippen LogP) is 1.20. The largest absolute Gasteiger partial charge is 0.479 e. The second-order valence-electron chi connectivity index (χ2n) is 5.66. The van der Waals surface area contributed by atoms with E-state index in [0.717, 1.165) is 19.3 Å². The van der Waals surface area contributed by atoms with Crippen LogP contribution in [0.1, 0.15) is 39.5 Å². The second kappa shape index (κ2) is 5.36. The molecule has 108 valence electrons. The van der Waals surface area contributed by atoms with Gasteiger partial charge in [0, 0.05) is 25.1 Å². The van der Waals surface area contributed by atoms with Gasteiger partial charge in [-0.25, -0.2) is 9.59 Å². The van der Waals surface area contributed by atoms with E-state index in [0.29, 0.717) is 13.0 Å². The third-order valence-corrected chi connectivity index (χ3v) is 4.21. The van der Waals surface area contributed by atoms with Gasteiger partial charge in [-0.05, 0) is 33.1 Å². The lowest BCUT2D eigenvalue weighted by atomic mass is 9.96. The van der Waals surface area contributed by atoms with Gasteiger partial charge in [0.05, 0.1) is 6.61 Å². The molecule has 0 aliphatic carbocycles. The molecule has 0 bridgehead atoms. The molecule has 2 aliphatic heterocycles. The van der Waals surface area contributed by atoms with Crippen LogP contribution in [0.4, 0.5) is 4.79 Å². The standard InChI is InChI=1S/C13H22N2O4/c1-9-4-3-5-10(2)15(9)12(18)14-13(11(16)17)6-7-19-8-13/h9-10H,3-8H2,1-2H3,(H,14,18)(H,16,17)/t9-,10+,13?. The van der Waals surface area contributed by atoms with Crippen LogP contribution in [0.5, 0.6) is 0 Å². The quantitative estimate of drug-likeness (QED) is 0.790. The Hall–Kier alpha value is -1.30. The first kappa shape index (κ1) is 14.1. The molecular weight excluding hydrogens is 248 g/mol. The fourth-order valence-electron chi connectivity index (χ4n) is 2.98. The van der Waals surface area contributed by atoms with Crippen LogP contribution in [-0.4, -0.2) is 52.8 Å². The van der Waals surface area contributed by atoms with E-state index in [1.807, 2.05) is 13.8 Å². The summed E-state index contributed by atoms with van der Waals surface area (Å²) in [6, 6.07) is 0.0152. The Balaban J connectivity index is 2.08. The lowest BCUT2D eigenvalue weighted by molar-refractivity contribution is -0.144. The summed E-state index contributed by atoms with van der Waals surface area (Å²) < 4.78 is 5.15. The number of carboxylic acids is 1. The smallest absolute Gasteiger partial charge is 0.332 e. The summed E-state index contributed by atoms with van der Waals surface area (Å²) in [5.74, 6) is -1.02. The Bertz CT molecular complexity index is 356. The average molecular weight is 270 g/mol. The molecule has 19 heavy (non-hydrogen) atoms. The summed E-state index contributed by atoms with van der Waals surface area (Å²) in [6.45, 7) is 4.43. The van der Waals surface area contributed by atoms with Gasteiger partial charge in [-0.2, -0.15) is 0 Å². The van der Waals surface area contributed by atoms with Crippen molar-refractivity contribution in [3.05, 3.63) is 0 Å². The van der Waals surface area contributed by atoms with Crippen LogP contribution in [0.3, 0.4) is 0 Å². The number of rotatable bonds is 2. The van der Waals surface area contributed by atoms with Gasteiger partial charge >= 0.3 is 12.0 Å².